The fourth-order valence-corrected chi connectivity index (χ4v) is 6.95. The number of carbonyl (C=O) groups is 3. The number of nitrogens with one attached hydrogen (secondary N) is 3. The fraction of sp³-hybridized carbons (Fsp3) is 0.379. The van der Waals surface area contributed by atoms with Crippen molar-refractivity contribution in [2.24, 2.45) is 0 Å². The fourth-order valence-electron chi connectivity index (χ4n) is 6.50. The number of pyridine rings is 1. The van der Waals surface area contributed by atoms with Gasteiger partial charge in [-0.1, -0.05) is 47.0 Å². The first-order valence-electron chi connectivity index (χ1n) is 13.7. The number of aromatic amines is 1. The van der Waals surface area contributed by atoms with Gasteiger partial charge in [0, 0.05) is 64.5 Å². The molecule has 4 aliphatic rings. The highest BCUT2D eigenvalue weighted by atomic mass is 79.9. The topological polar surface area (TPSA) is 155 Å². The van der Waals surface area contributed by atoms with Gasteiger partial charge in [0.15, 0.2) is 0 Å². The molecule has 12 heteroatoms. The molecule has 4 atom stereocenters. The van der Waals surface area contributed by atoms with E-state index in [1.165, 1.54) is 12.1 Å². The van der Waals surface area contributed by atoms with E-state index in [0.717, 1.165) is 19.3 Å². The number of Topliss-reactive ketones (excluding diaryl/α,β-unsaturated/α-hetero) is 1. The van der Waals surface area contributed by atoms with Gasteiger partial charge in [-0.2, -0.15) is 0 Å². The zero-order valence-corrected chi connectivity index (χ0v) is 23.6. The molecule has 2 saturated heterocycles. The Balaban J connectivity index is 1.31. The van der Waals surface area contributed by atoms with Crippen molar-refractivity contribution >= 4 is 55.8 Å². The van der Waals surface area contributed by atoms with E-state index in [-0.39, 0.29) is 46.3 Å². The summed E-state index contributed by atoms with van der Waals surface area (Å²) < 4.78 is 0.398. The number of carbonyl (C=O) groups excluding carboxylic acids is 3. The molecule has 212 valence electrons. The summed E-state index contributed by atoms with van der Waals surface area (Å²) in [6.07, 6.45) is 4.28. The lowest BCUT2D eigenvalue weighted by molar-refractivity contribution is -0.384. The van der Waals surface area contributed by atoms with Gasteiger partial charge >= 0.3 is 0 Å². The summed E-state index contributed by atoms with van der Waals surface area (Å²) in [6, 6.07) is 10.1. The SMILES string of the molecule is O=C1CC2CC(C1)N2C(=O)c1cc(Br)cc([N+](=O)[O-])c1N[C@@H]1CCCC[C@@H]1NC(=O)c1cc(=O)[nH]c2ccccc12. The summed E-state index contributed by atoms with van der Waals surface area (Å²) in [7, 11) is 0. The Morgan fingerprint density at radius 2 is 1.71 bits per heavy atom. The molecule has 3 N–H and O–H groups in total. The third-order valence-electron chi connectivity index (χ3n) is 8.41. The molecule has 2 amide bonds. The number of nitro benzene ring substituents is 1. The van der Waals surface area contributed by atoms with Crippen molar-refractivity contribution in [3.8, 4) is 0 Å². The lowest BCUT2D eigenvalue weighted by atomic mass is 9.78. The van der Waals surface area contributed by atoms with Gasteiger partial charge in [0.05, 0.1) is 16.1 Å². The lowest BCUT2D eigenvalue weighted by Gasteiger charge is -2.52. The number of amides is 2. The Labute approximate surface area is 243 Å². The Morgan fingerprint density at radius 1 is 1.00 bits per heavy atom. The maximum absolute atomic E-state index is 13.8. The number of ketones is 1. The van der Waals surface area contributed by atoms with Crippen molar-refractivity contribution in [2.45, 2.75) is 69.1 Å². The smallest absolute Gasteiger partial charge is 0.294 e. The van der Waals surface area contributed by atoms with E-state index in [1.807, 2.05) is 0 Å². The van der Waals surface area contributed by atoms with Gasteiger partial charge in [-0.05, 0) is 31.4 Å². The number of H-pyrrole nitrogens is 1. The number of anilines is 1. The first kappa shape index (κ1) is 27.1. The highest BCUT2D eigenvalue weighted by molar-refractivity contribution is 9.10. The van der Waals surface area contributed by atoms with Crippen molar-refractivity contribution < 1.29 is 19.3 Å². The van der Waals surface area contributed by atoms with Crippen LogP contribution in [0.3, 0.4) is 0 Å². The lowest BCUT2D eigenvalue weighted by Crippen LogP contribution is -2.63. The van der Waals surface area contributed by atoms with E-state index in [4.69, 9.17) is 0 Å². The van der Waals surface area contributed by atoms with Crippen LogP contribution >= 0.6 is 15.9 Å². The highest BCUT2D eigenvalue weighted by Gasteiger charge is 2.48. The number of fused-ring (bicyclic) bond motifs is 3. The number of benzene rings is 2. The highest BCUT2D eigenvalue weighted by Crippen LogP contribution is 2.41. The monoisotopic (exact) mass is 621 g/mol. The van der Waals surface area contributed by atoms with Crippen LogP contribution in [0.25, 0.3) is 10.9 Å². The van der Waals surface area contributed by atoms with Crippen LogP contribution in [-0.2, 0) is 4.79 Å². The predicted octanol–water partition coefficient (Wildman–Crippen LogP) is 4.30. The van der Waals surface area contributed by atoms with Crippen molar-refractivity contribution in [2.75, 3.05) is 5.32 Å². The number of rotatable bonds is 6. The summed E-state index contributed by atoms with van der Waals surface area (Å²) in [6.45, 7) is 0. The molecule has 3 heterocycles. The minimum atomic E-state index is -0.525. The van der Waals surface area contributed by atoms with Crippen LogP contribution in [0.4, 0.5) is 11.4 Å². The van der Waals surface area contributed by atoms with Gasteiger partial charge in [0.25, 0.3) is 17.5 Å². The van der Waals surface area contributed by atoms with E-state index >= 15 is 0 Å². The molecule has 2 aliphatic heterocycles. The summed E-state index contributed by atoms with van der Waals surface area (Å²) in [5.74, 6) is -0.634. The standard InChI is InChI=1S/C29H28BrN5O6/c30-15-9-21(29(39)34-16-11-17(34)13-18(36)12-16)27(25(10-15)35(40)41)32-23-7-3-4-8-24(23)33-28(38)20-14-26(37)31-22-6-2-1-5-19(20)22/h1-2,5-6,9-10,14,16-17,23-24,32H,3-4,7-8,11-13H2,(H,31,37)(H,33,38)/t16?,17?,23-,24+/m1/s1. The maximum Gasteiger partial charge on any atom is 0.294 e. The van der Waals surface area contributed by atoms with Crippen LogP contribution in [-0.4, -0.2) is 56.6 Å². The van der Waals surface area contributed by atoms with Crippen LogP contribution in [0, 0.1) is 10.1 Å². The Morgan fingerprint density at radius 3 is 2.44 bits per heavy atom. The summed E-state index contributed by atoms with van der Waals surface area (Å²) >= 11 is 3.32. The second kappa shape index (κ2) is 10.7. The minimum Gasteiger partial charge on any atom is -0.374 e. The van der Waals surface area contributed by atoms with E-state index in [0.29, 0.717) is 41.1 Å². The number of hydrogen-bond donors (Lipinski definition) is 3. The number of piperidine rings is 1. The van der Waals surface area contributed by atoms with Crippen LogP contribution < -0.4 is 16.2 Å². The van der Waals surface area contributed by atoms with Crippen LogP contribution in [0.5, 0.6) is 0 Å². The quantitative estimate of drug-likeness (QED) is 0.274. The number of aromatic nitrogens is 1. The van der Waals surface area contributed by atoms with E-state index in [9.17, 15) is 29.3 Å². The van der Waals surface area contributed by atoms with Crippen molar-refractivity contribution in [3.63, 3.8) is 0 Å². The van der Waals surface area contributed by atoms with Gasteiger partial charge in [0.1, 0.15) is 11.5 Å². The van der Waals surface area contributed by atoms with Gasteiger partial charge in [-0.15, -0.1) is 0 Å². The molecular weight excluding hydrogens is 594 g/mol. The number of hydrogen-bond acceptors (Lipinski definition) is 7. The molecule has 2 aliphatic carbocycles. The molecule has 0 radical (unpaired) electrons. The second-order valence-corrected chi connectivity index (χ2v) is 11.9. The van der Waals surface area contributed by atoms with Crippen LogP contribution in [0.2, 0.25) is 0 Å². The molecule has 2 aromatic carbocycles. The first-order valence-corrected chi connectivity index (χ1v) is 14.5. The van der Waals surface area contributed by atoms with E-state index in [2.05, 4.69) is 31.5 Å². The van der Waals surface area contributed by atoms with Crippen molar-refractivity contribution in [1.82, 2.24) is 15.2 Å². The predicted molar refractivity (Wildman–Crippen MR) is 155 cm³/mol. The van der Waals surface area contributed by atoms with E-state index < -0.39 is 28.5 Å². The Kier molecular flexibility index (Phi) is 7.10. The van der Waals surface area contributed by atoms with Crippen molar-refractivity contribution in [3.05, 3.63) is 78.5 Å². The number of halogens is 1. The molecule has 4 fully saturated rings. The van der Waals surface area contributed by atoms with Crippen LogP contribution in [0.15, 0.2) is 51.7 Å². The molecule has 2 saturated carbocycles. The van der Waals surface area contributed by atoms with Gasteiger partial charge in [-0.25, -0.2) is 0 Å². The van der Waals surface area contributed by atoms with Gasteiger partial charge in [-0.3, -0.25) is 29.3 Å². The maximum atomic E-state index is 13.8. The van der Waals surface area contributed by atoms with Gasteiger partial charge in [0.2, 0.25) is 5.56 Å². The summed E-state index contributed by atoms with van der Waals surface area (Å²) in [4.78, 5) is 67.5. The van der Waals surface area contributed by atoms with Crippen molar-refractivity contribution in [1.29, 1.82) is 0 Å². The number of nitrogens with zero attached hydrogens (tertiary/aromatic N) is 2. The average molecular weight is 622 g/mol. The number of para-hydroxylation sites is 1. The third kappa shape index (κ3) is 5.12. The molecule has 2 unspecified atom stereocenters. The summed E-state index contributed by atoms with van der Waals surface area (Å²) in [5, 5.41) is 19.1. The van der Waals surface area contributed by atoms with Crippen LogP contribution in [0.1, 0.15) is 65.7 Å². The Hall–Kier alpha value is -4.06. The molecule has 3 aromatic rings. The zero-order chi connectivity index (χ0) is 28.8. The zero-order valence-electron chi connectivity index (χ0n) is 22.0. The third-order valence-corrected chi connectivity index (χ3v) is 8.87. The average Bonchev–Trinajstić information content (AvgIpc) is 2.93. The molecule has 1 aromatic heterocycles. The Bertz CT molecular complexity index is 1640. The normalized spacial score (nSPS) is 23.5. The first-order chi connectivity index (χ1) is 19.7. The largest absolute Gasteiger partial charge is 0.374 e. The molecule has 0 spiro atoms. The molecule has 2 bridgehead atoms. The molecule has 41 heavy (non-hydrogen) atoms. The molecular formula is C29H28BrN5O6. The van der Waals surface area contributed by atoms with E-state index in [1.54, 1.807) is 35.2 Å². The molecule has 7 rings (SSSR count). The minimum absolute atomic E-state index is 0.104. The molecule has 11 nitrogen and oxygen atoms in total. The number of nitro groups is 1. The summed E-state index contributed by atoms with van der Waals surface area (Å²) in [5.41, 5.74) is 0.421. The second-order valence-electron chi connectivity index (χ2n) is 11.0. The van der Waals surface area contributed by atoms with Gasteiger partial charge < -0.3 is 20.5 Å².